The summed E-state index contributed by atoms with van der Waals surface area (Å²) in [5.41, 5.74) is 2.22. The molecular weight excluding hydrogens is 390 g/mol. The molecule has 2 N–H and O–H groups in total. The monoisotopic (exact) mass is 427 g/mol. The molecule has 0 radical (unpaired) electrons. The third-order valence-electron chi connectivity index (χ3n) is 5.68. The molecule has 0 aromatic rings. The van der Waals surface area contributed by atoms with Gasteiger partial charge in [0, 0.05) is 30.1 Å². The normalized spacial score (nSPS) is 23.3. The van der Waals surface area contributed by atoms with E-state index in [1.165, 1.54) is 5.57 Å². The van der Waals surface area contributed by atoms with Gasteiger partial charge in [-0.2, -0.15) is 0 Å². The molecule has 0 amide bonds. The van der Waals surface area contributed by atoms with Crippen molar-refractivity contribution in [3.8, 4) is 0 Å². The average molecular weight is 428 g/mol. The van der Waals surface area contributed by atoms with Crippen LogP contribution in [0.25, 0.3) is 0 Å². The summed E-state index contributed by atoms with van der Waals surface area (Å²) in [6.45, 7) is 15.6. The number of aliphatic imine (C=N–C) groups is 1. The van der Waals surface area contributed by atoms with E-state index in [1.807, 2.05) is 0 Å². The summed E-state index contributed by atoms with van der Waals surface area (Å²) in [5, 5.41) is 8.89. The summed E-state index contributed by atoms with van der Waals surface area (Å²) in [4.78, 5) is 18.1. The number of aliphatic carboxylic acids is 1. The molecule has 0 spiro atoms. The van der Waals surface area contributed by atoms with E-state index in [0.717, 1.165) is 30.8 Å². The lowest BCUT2D eigenvalue weighted by Gasteiger charge is -2.42. The number of nitrogens with one attached hydrogen (secondary N) is 1. The number of rotatable bonds is 8. The lowest BCUT2D eigenvalue weighted by molar-refractivity contribution is -0.134. The number of carboxylic acid groups (broad SMARTS) is 1. The molecule has 8 heteroatoms. The van der Waals surface area contributed by atoms with Gasteiger partial charge in [0.2, 0.25) is 10.0 Å². The van der Waals surface area contributed by atoms with E-state index in [0.29, 0.717) is 13.0 Å². The molecule has 2 rings (SSSR count). The van der Waals surface area contributed by atoms with Gasteiger partial charge in [-0.15, -0.1) is 0 Å². The van der Waals surface area contributed by atoms with E-state index < -0.39 is 21.7 Å². The van der Waals surface area contributed by atoms with Gasteiger partial charge in [-0.3, -0.25) is 9.79 Å². The number of nitrogens with zero attached hydrogens (tertiary/aromatic N) is 2. The summed E-state index contributed by atoms with van der Waals surface area (Å²) < 4.78 is 27.0. The number of unbranched alkanes of at least 4 members (excludes halogenated alkanes) is 1. The Bertz CT molecular complexity index is 806. The fourth-order valence-electron chi connectivity index (χ4n) is 4.61. The highest BCUT2D eigenvalue weighted by Crippen LogP contribution is 2.45. The molecule has 0 aromatic heterocycles. The number of fused-ring (bicyclic) bond motifs is 1. The second kappa shape index (κ2) is 8.38. The molecular formula is C21H37N3O4S. The minimum absolute atomic E-state index is 0.0370. The van der Waals surface area contributed by atoms with Crippen molar-refractivity contribution in [3.63, 3.8) is 0 Å². The van der Waals surface area contributed by atoms with Crippen molar-refractivity contribution >= 4 is 21.8 Å². The van der Waals surface area contributed by atoms with Crippen molar-refractivity contribution in [2.24, 2.45) is 15.8 Å². The average Bonchev–Trinajstić information content (AvgIpc) is 2.91. The molecule has 0 bridgehead atoms. The molecule has 2 aliphatic rings. The SMILES string of the molecule is CCCCC(C)(C)C1=C2C[C@H](NS(=O)(=O)CC(=O)O)CN2C(C(C)(C)C)=N[C@H]1C. The van der Waals surface area contributed by atoms with Crippen LogP contribution >= 0.6 is 0 Å². The summed E-state index contributed by atoms with van der Waals surface area (Å²) >= 11 is 0. The molecule has 1 saturated heterocycles. The van der Waals surface area contributed by atoms with Crippen LogP contribution in [0.5, 0.6) is 0 Å². The number of amidine groups is 1. The molecule has 2 aliphatic heterocycles. The topological polar surface area (TPSA) is 99.1 Å². The Kier molecular flexibility index (Phi) is 6.89. The fraction of sp³-hybridized carbons (Fsp3) is 0.810. The van der Waals surface area contributed by atoms with Gasteiger partial charge >= 0.3 is 5.97 Å². The standard InChI is InChI=1S/C21H37N3O4S/c1-8-9-10-21(6,7)18-14(2)22-19(20(3,4)5)24-12-15(11-16(18)24)23-29(27,28)13-17(25)26/h14-15,23H,8-13H2,1-7H3,(H,25,26)/t14-,15-/m0/s1. The zero-order valence-electron chi connectivity index (χ0n) is 18.9. The molecule has 0 aromatic carbocycles. The van der Waals surface area contributed by atoms with Crippen molar-refractivity contribution in [2.45, 2.75) is 86.2 Å². The van der Waals surface area contributed by atoms with Crippen molar-refractivity contribution in [3.05, 3.63) is 11.3 Å². The van der Waals surface area contributed by atoms with Crippen molar-refractivity contribution < 1.29 is 18.3 Å². The second-order valence-electron chi connectivity index (χ2n) is 10.0. The molecule has 2 heterocycles. The van der Waals surface area contributed by atoms with E-state index in [-0.39, 0.29) is 22.9 Å². The van der Waals surface area contributed by atoms with Crippen molar-refractivity contribution in [1.82, 2.24) is 9.62 Å². The molecule has 166 valence electrons. The highest BCUT2D eigenvalue weighted by atomic mass is 32.2. The van der Waals surface area contributed by atoms with Gasteiger partial charge in [-0.1, -0.05) is 54.4 Å². The molecule has 2 atom stereocenters. The minimum Gasteiger partial charge on any atom is -0.480 e. The number of carboxylic acids is 1. The van der Waals surface area contributed by atoms with Gasteiger partial charge in [0.05, 0.1) is 6.04 Å². The summed E-state index contributed by atoms with van der Waals surface area (Å²) in [6.07, 6.45) is 3.86. The molecule has 1 fully saturated rings. The number of sulfonamides is 1. The predicted molar refractivity (Wildman–Crippen MR) is 116 cm³/mol. The summed E-state index contributed by atoms with van der Waals surface area (Å²) in [7, 11) is -3.88. The first-order valence-electron chi connectivity index (χ1n) is 10.5. The summed E-state index contributed by atoms with van der Waals surface area (Å²) in [6, 6.07) is -0.319. The van der Waals surface area contributed by atoms with Crippen molar-refractivity contribution in [2.75, 3.05) is 12.3 Å². The molecule has 7 nitrogen and oxygen atoms in total. The van der Waals surface area contributed by atoms with Gasteiger partial charge < -0.3 is 10.0 Å². The van der Waals surface area contributed by atoms with Crippen LogP contribution in [0.3, 0.4) is 0 Å². The largest absolute Gasteiger partial charge is 0.480 e. The second-order valence-corrected chi connectivity index (χ2v) is 11.8. The smallest absolute Gasteiger partial charge is 0.320 e. The van der Waals surface area contributed by atoms with Gasteiger partial charge in [0.25, 0.3) is 0 Å². The third kappa shape index (κ3) is 5.60. The predicted octanol–water partition coefficient (Wildman–Crippen LogP) is 3.38. The van der Waals surface area contributed by atoms with Crippen LogP contribution < -0.4 is 4.72 Å². The number of hydrogen-bond acceptors (Lipinski definition) is 5. The zero-order valence-corrected chi connectivity index (χ0v) is 19.7. The van der Waals surface area contributed by atoms with E-state index in [1.54, 1.807) is 0 Å². The van der Waals surface area contributed by atoms with E-state index in [4.69, 9.17) is 10.1 Å². The first-order valence-corrected chi connectivity index (χ1v) is 12.1. The van der Waals surface area contributed by atoms with Crippen LogP contribution in [0.15, 0.2) is 16.3 Å². The Morgan fingerprint density at radius 3 is 2.41 bits per heavy atom. The first kappa shape index (κ1) is 23.9. The first-order chi connectivity index (χ1) is 13.2. The highest BCUT2D eigenvalue weighted by Gasteiger charge is 2.44. The quantitative estimate of drug-likeness (QED) is 0.619. The van der Waals surface area contributed by atoms with Crippen molar-refractivity contribution in [1.29, 1.82) is 0 Å². The minimum atomic E-state index is -3.88. The van der Waals surface area contributed by atoms with Crippen LogP contribution in [0.2, 0.25) is 0 Å². The van der Waals surface area contributed by atoms with Gasteiger partial charge in [-0.25, -0.2) is 13.1 Å². The highest BCUT2D eigenvalue weighted by molar-refractivity contribution is 7.90. The number of hydrogen-bond donors (Lipinski definition) is 2. The number of carbonyl (C=O) groups is 1. The summed E-state index contributed by atoms with van der Waals surface area (Å²) in [5.74, 6) is -1.29. The van der Waals surface area contributed by atoms with E-state index in [9.17, 15) is 13.2 Å². The molecule has 0 unspecified atom stereocenters. The van der Waals surface area contributed by atoms with Gasteiger partial charge in [0.1, 0.15) is 5.84 Å². The van der Waals surface area contributed by atoms with Gasteiger partial charge in [0.15, 0.2) is 5.75 Å². The van der Waals surface area contributed by atoms with E-state index >= 15 is 0 Å². The Morgan fingerprint density at radius 2 is 1.90 bits per heavy atom. The van der Waals surface area contributed by atoms with Crippen LogP contribution in [0.4, 0.5) is 0 Å². The van der Waals surface area contributed by atoms with Crippen LogP contribution in [0.1, 0.15) is 74.1 Å². The zero-order chi connectivity index (χ0) is 22.2. The third-order valence-corrected chi connectivity index (χ3v) is 7.00. The Morgan fingerprint density at radius 1 is 1.28 bits per heavy atom. The Balaban J connectivity index is 2.43. The maximum atomic E-state index is 12.2. The molecule has 29 heavy (non-hydrogen) atoms. The maximum Gasteiger partial charge on any atom is 0.320 e. The fourth-order valence-corrected chi connectivity index (χ4v) is 5.69. The maximum absolute atomic E-state index is 12.2. The van der Waals surface area contributed by atoms with Crippen LogP contribution in [-0.4, -0.2) is 54.6 Å². The van der Waals surface area contributed by atoms with Crippen LogP contribution in [0, 0.1) is 10.8 Å². The molecule has 0 saturated carbocycles. The van der Waals surface area contributed by atoms with Gasteiger partial charge in [-0.05, 0) is 24.3 Å². The molecule has 0 aliphatic carbocycles. The Labute approximate surface area is 175 Å². The lowest BCUT2D eigenvalue weighted by atomic mass is 9.74. The van der Waals surface area contributed by atoms with E-state index in [2.05, 4.69) is 58.1 Å². The lowest BCUT2D eigenvalue weighted by Crippen LogP contribution is -2.45. The van der Waals surface area contributed by atoms with Crippen LogP contribution in [-0.2, 0) is 14.8 Å². The Hall–Kier alpha value is -1.41.